The second-order valence-electron chi connectivity index (χ2n) is 3.22. The molecule has 0 heterocycles. The lowest BCUT2D eigenvalue weighted by Gasteiger charge is -2.21. The summed E-state index contributed by atoms with van der Waals surface area (Å²) in [6.45, 7) is -5.11. The number of aryl methyl sites for hydroxylation is 1. The van der Waals surface area contributed by atoms with E-state index >= 15 is 0 Å². The van der Waals surface area contributed by atoms with Crippen LogP contribution in [-0.2, 0) is 6.42 Å². The van der Waals surface area contributed by atoms with Gasteiger partial charge >= 0.3 is 6.98 Å². The molecule has 78 valence electrons. The minimum absolute atomic E-state index is 0.253. The van der Waals surface area contributed by atoms with Crippen molar-refractivity contribution in [2.75, 3.05) is 0 Å². The Morgan fingerprint density at radius 2 is 1.71 bits per heavy atom. The molecule has 14 heavy (non-hydrogen) atoms. The van der Waals surface area contributed by atoms with Gasteiger partial charge in [0.1, 0.15) is 0 Å². The molecular weight excluding hydrogens is 192 g/mol. The Kier molecular flexibility index (Phi) is 3.58. The number of aliphatic hydroxyl groups excluding tert-OH is 1. The van der Waals surface area contributed by atoms with Gasteiger partial charge in [-0.05, 0) is 18.4 Å². The first-order valence-corrected chi connectivity index (χ1v) is 4.42. The average molecular weight is 203 g/mol. The highest BCUT2D eigenvalue weighted by Gasteiger charge is 2.32. The third kappa shape index (κ3) is 3.42. The van der Waals surface area contributed by atoms with Crippen molar-refractivity contribution in [3.63, 3.8) is 0 Å². The zero-order valence-electron chi connectivity index (χ0n) is 7.54. The van der Waals surface area contributed by atoms with Crippen LogP contribution in [0.4, 0.5) is 12.9 Å². The molecule has 1 aromatic carbocycles. The van der Waals surface area contributed by atoms with Crippen molar-refractivity contribution in [1.29, 1.82) is 0 Å². The van der Waals surface area contributed by atoms with E-state index in [0.29, 0.717) is 0 Å². The van der Waals surface area contributed by atoms with Crippen molar-refractivity contribution < 1.29 is 18.1 Å². The number of hydrogen-bond acceptors (Lipinski definition) is 1. The van der Waals surface area contributed by atoms with Crippen LogP contribution in [0.25, 0.3) is 0 Å². The van der Waals surface area contributed by atoms with Crippen molar-refractivity contribution in [2.45, 2.75) is 18.8 Å². The first kappa shape index (κ1) is 11.1. The van der Waals surface area contributed by atoms with Gasteiger partial charge in [-0.25, -0.2) is 0 Å². The molecule has 0 aliphatic rings. The summed E-state index contributed by atoms with van der Waals surface area (Å²) >= 11 is 0. The summed E-state index contributed by atoms with van der Waals surface area (Å²) in [4.78, 5) is 0. The van der Waals surface area contributed by atoms with Crippen LogP contribution in [0.3, 0.4) is 0 Å². The van der Waals surface area contributed by atoms with Gasteiger partial charge in [-0.3, -0.25) is 0 Å². The van der Waals surface area contributed by atoms with Crippen LogP contribution in [0, 0.1) is 0 Å². The summed E-state index contributed by atoms with van der Waals surface area (Å²) in [5, 5.41) is 8.75. The molecule has 0 aliphatic carbocycles. The van der Waals surface area contributed by atoms with Crippen LogP contribution in [0.1, 0.15) is 12.0 Å². The molecule has 0 fully saturated rings. The van der Waals surface area contributed by atoms with E-state index in [1.54, 1.807) is 30.3 Å². The van der Waals surface area contributed by atoms with Crippen LogP contribution < -0.4 is 0 Å². The fraction of sp³-hybridized carbons (Fsp3) is 0.333. The van der Waals surface area contributed by atoms with Crippen LogP contribution in [-0.4, -0.2) is 18.1 Å². The van der Waals surface area contributed by atoms with Gasteiger partial charge in [0.2, 0.25) is 0 Å². The molecule has 5 heteroatoms. The van der Waals surface area contributed by atoms with Crippen molar-refractivity contribution in [2.24, 2.45) is 0 Å². The Balaban J connectivity index is 2.42. The topological polar surface area (TPSA) is 20.2 Å². The Labute approximate surface area is 80.6 Å². The largest absolute Gasteiger partial charge is 0.506 e. The lowest BCUT2D eigenvalue weighted by Crippen LogP contribution is -2.35. The zero-order valence-corrected chi connectivity index (χ0v) is 7.54. The molecule has 0 spiro atoms. The summed E-state index contributed by atoms with van der Waals surface area (Å²) in [7, 11) is 0. The lowest BCUT2D eigenvalue weighted by molar-refractivity contribution is 0.185. The third-order valence-electron chi connectivity index (χ3n) is 2.01. The van der Waals surface area contributed by atoms with E-state index in [0.717, 1.165) is 5.56 Å². The Morgan fingerprint density at radius 1 is 1.14 bits per heavy atom. The highest BCUT2D eigenvalue weighted by atomic mass is 19.4. The van der Waals surface area contributed by atoms with Crippen molar-refractivity contribution in [3.8, 4) is 0 Å². The van der Waals surface area contributed by atoms with E-state index in [2.05, 4.69) is 0 Å². The number of benzene rings is 1. The molecule has 0 bridgehead atoms. The lowest BCUT2D eigenvalue weighted by atomic mass is 9.79. The van der Waals surface area contributed by atoms with Gasteiger partial charge in [-0.2, -0.15) is 0 Å². The summed E-state index contributed by atoms with van der Waals surface area (Å²) < 4.78 is 35.9. The molecule has 1 rings (SSSR count). The monoisotopic (exact) mass is 203 g/mol. The van der Waals surface area contributed by atoms with Crippen molar-refractivity contribution in [1.82, 2.24) is 0 Å². The van der Waals surface area contributed by atoms with Gasteiger partial charge in [0.15, 0.2) is 0 Å². The molecule has 0 amide bonds. The standard InChI is InChI=1S/C9H11BF3O/c11-10(12,13)9(14)7-6-8-4-2-1-3-5-8/h1-5,9,14H,6-7H2/q-1. The molecule has 0 saturated carbocycles. The Morgan fingerprint density at radius 3 is 2.21 bits per heavy atom. The summed E-state index contributed by atoms with van der Waals surface area (Å²) in [5.74, 6) is 0. The van der Waals surface area contributed by atoms with Gasteiger partial charge in [0.05, 0.1) is 0 Å². The van der Waals surface area contributed by atoms with Gasteiger partial charge in [0.25, 0.3) is 0 Å². The third-order valence-corrected chi connectivity index (χ3v) is 2.01. The molecular formula is C9H11BF3O-. The van der Waals surface area contributed by atoms with E-state index in [1.165, 1.54) is 0 Å². The maximum atomic E-state index is 12.0. The van der Waals surface area contributed by atoms with Crippen molar-refractivity contribution in [3.05, 3.63) is 35.9 Å². The van der Waals surface area contributed by atoms with E-state index in [-0.39, 0.29) is 12.8 Å². The first-order valence-electron chi connectivity index (χ1n) is 4.42. The fourth-order valence-corrected chi connectivity index (χ4v) is 1.15. The second-order valence-corrected chi connectivity index (χ2v) is 3.22. The van der Waals surface area contributed by atoms with E-state index < -0.39 is 13.0 Å². The predicted molar refractivity (Wildman–Crippen MR) is 49.8 cm³/mol. The summed E-state index contributed by atoms with van der Waals surface area (Å²) in [6.07, 6.45) is -0.00319. The van der Waals surface area contributed by atoms with Gasteiger partial charge < -0.3 is 18.1 Å². The van der Waals surface area contributed by atoms with Gasteiger partial charge in [0, 0.05) is 6.00 Å². The Hall–Kier alpha value is -0.965. The maximum Gasteiger partial charge on any atom is 0.506 e. The quantitative estimate of drug-likeness (QED) is 0.744. The first-order chi connectivity index (χ1) is 6.50. The van der Waals surface area contributed by atoms with Crippen LogP contribution in [0.5, 0.6) is 0 Å². The molecule has 1 N–H and O–H groups in total. The molecule has 1 nitrogen and oxygen atoms in total. The minimum Gasteiger partial charge on any atom is -0.447 e. The maximum absolute atomic E-state index is 12.0. The Bertz CT molecular complexity index is 273. The molecule has 1 aromatic rings. The normalized spacial score (nSPS) is 14.0. The highest BCUT2D eigenvalue weighted by Crippen LogP contribution is 2.18. The molecule has 0 aromatic heterocycles. The van der Waals surface area contributed by atoms with Gasteiger partial charge in [-0.1, -0.05) is 30.3 Å². The van der Waals surface area contributed by atoms with Crippen LogP contribution in [0.15, 0.2) is 30.3 Å². The van der Waals surface area contributed by atoms with Crippen molar-refractivity contribution >= 4 is 6.98 Å². The van der Waals surface area contributed by atoms with E-state index in [4.69, 9.17) is 5.11 Å². The van der Waals surface area contributed by atoms with Gasteiger partial charge in [-0.15, -0.1) is 0 Å². The molecule has 0 aliphatic heterocycles. The van der Waals surface area contributed by atoms with E-state index in [9.17, 15) is 12.9 Å². The predicted octanol–water partition coefficient (Wildman–Crippen LogP) is 2.37. The zero-order chi connectivity index (χ0) is 10.6. The average Bonchev–Trinajstić information content (AvgIpc) is 2.14. The fourth-order valence-electron chi connectivity index (χ4n) is 1.15. The SMILES string of the molecule is OC(CCc1ccccc1)[B-](F)(F)F. The van der Waals surface area contributed by atoms with E-state index in [1.807, 2.05) is 0 Å². The molecule has 1 unspecified atom stereocenters. The number of halogens is 3. The molecule has 0 saturated heterocycles. The summed E-state index contributed by atoms with van der Waals surface area (Å²) in [6, 6.07) is 6.66. The second kappa shape index (κ2) is 4.51. The number of rotatable bonds is 4. The van der Waals surface area contributed by atoms with Crippen LogP contribution >= 0.6 is 0 Å². The summed E-state index contributed by atoms with van der Waals surface area (Å²) in [5.41, 5.74) is 0.812. The van der Waals surface area contributed by atoms with Crippen LogP contribution in [0.2, 0.25) is 0 Å². The highest BCUT2D eigenvalue weighted by molar-refractivity contribution is 6.59. The molecule has 0 radical (unpaired) electrons. The molecule has 1 atom stereocenters. The number of hydrogen-bond donors (Lipinski definition) is 1. The smallest absolute Gasteiger partial charge is 0.447 e. The number of aliphatic hydroxyl groups is 1. The minimum atomic E-state index is -5.11.